The van der Waals surface area contributed by atoms with Gasteiger partial charge in [0.1, 0.15) is 5.69 Å². The van der Waals surface area contributed by atoms with E-state index in [-0.39, 0.29) is 17.5 Å². The van der Waals surface area contributed by atoms with Gasteiger partial charge in [-0.3, -0.25) is 14.6 Å². The van der Waals surface area contributed by atoms with Gasteiger partial charge in [-0.15, -0.1) is 0 Å². The topological polar surface area (TPSA) is 65.5 Å². The van der Waals surface area contributed by atoms with E-state index >= 15 is 0 Å². The quantitative estimate of drug-likeness (QED) is 0.877. The fraction of sp³-hybridized carbons (Fsp3) is 0.350. The van der Waals surface area contributed by atoms with Gasteiger partial charge in [-0.25, -0.2) is 0 Å². The summed E-state index contributed by atoms with van der Waals surface area (Å²) in [7, 11) is 0. The molecule has 6 nitrogen and oxygen atoms in total. The molecule has 0 bridgehead atoms. The number of hydrogen-bond acceptors (Lipinski definition) is 4. The van der Waals surface area contributed by atoms with Gasteiger partial charge in [-0.05, 0) is 43.3 Å². The average Bonchev–Trinajstić information content (AvgIpc) is 2.70. The van der Waals surface area contributed by atoms with Crippen molar-refractivity contribution in [3.8, 4) is 0 Å². The van der Waals surface area contributed by atoms with Crippen LogP contribution in [0.4, 0.5) is 5.69 Å². The number of aromatic nitrogens is 1. The van der Waals surface area contributed by atoms with Gasteiger partial charge in [-0.2, -0.15) is 0 Å². The van der Waals surface area contributed by atoms with Crippen LogP contribution in [-0.2, 0) is 0 Å². The number of nitrogens with zero attached hydrogens (tertiary/aromatic N) is 3. The highest BCUT2D eigenvalue weighted by atomic mass is 35.5. The molecular formula is C20H23ClN4O2. The molecule has 1 aliphatic heterocycles. The van der Waals surface area contributed by atoms with E-state index in [0.29, 0.717) is 29.4 Å². The summed E-state index contributed by atoms with van der Waals surface area (Å²) >= 11 is 6.00. The van der Waals surface area contributed by atoms with Crippen LogP contribution in [0.1, 0.15) is 33.3 Å². The molecule has 3 rings (SSSR count). The molecule has 7 heteroatoms. The van der Waals surface area contributed by atoms with E-state index in [1.54, 1.807) is 24.3 Å². The van der Waals surface area contributed by atoms with Gasteiger partial charge >= 0.3 is 0 Å². The number of halogens is 1. The standard InChI is InChI=1S/C20H23ClN4O2/c1-3-24-8-10-25(11-9-24)20(27)15-6-7-22-18(12-15)19(26)23-17-13-16(21)5-4-14(17)2/h4-7,12-13H,3,8-11H2,1-2H3,(H,23,26). The van der Waals surface area contributed by atoms with E-state index in [4.69, 9.17) is 11.6 Å². The molecule has 0 spiro atoms. The zero-order valence-electron chi connectivity index (χ0n) is 15.5. The number of likely N-dealkylation sites (N-methyl/N-ethyl adjacent to an activating group) is 1. The number of rotatable bonds is 4. The van der Waals surface area contributed by atoms with Crippen LogP contribution in [0.25, 0.3) is 0 Å². The first kappa shape index (κ1) is 19.3. The monoisotopic (exact) mass is 386 g/mol. The third-order valence-corrected chi connectivity index (χ3v) is 5.03. The predicted octanol–water partition coefficient (Wildman–Crippen LogP) is 3.07. The molecule has 142 valence electrons. The Bertz CT molecular complexity index is 848. The lowest BCUT2D eigenvalue weighted by molar-refractivity contribution is 0.0643. The Morgan fingerprint density at radius 3 is 2.59 bits per heavy atom. The third kappa shape index (κ3) is 4.64. The van der Waals surface area contributed by atoms with Crippen LogP contribution in [0.5, 0.6) is 0 Å². The maximum atomic E-state index is 12.8. The first-order valence-corrected chi connectivity index (χ1v) is 9.41. The predicted molar refractivity (Wildman–Crippen MR) is 106 cm³/mol. The maximum absolute atomic E-state index is 12.8. The number of piperazine rings is 1. The summed E-state index contributed by atoms with van der Waals surface area (Å²) in [5, 5.41) is 3.35. The lowest BCUT2D eigenvalue weighted by Crippen LogP contribution is -2.48. The Morgan fingerprint density at radius 2 is 1.89 bits per heavy atom. The molecule has 2 aromatic rings. The molecule has 1 aromatic heterocycles. The van der Waals surface area contributed by atoms with Crippen LogP contribution in [0.15, 0.2) is 36.5 Å². The lowest BCUT2D eigenvalue weighted by atomic mass is 10.1. The summed E-state index contributed by atoms with van der Waals surface area (Å²) in [6.07, 6.45) is 1.50. The van der Waals surface area contributed by atoms with Gasteiger partial charge < -0.3 is 15.1 Å². The molecule has 0 unspecified atom stereocenters. The van der Waals surface area contributed by atoms with Crippen molar-refractivity contribution >= 4 is 29.1 Å². The van der Waals surface area contributed by atoms with Crippen LogP contribution in [0.2, 0.25) is 5.02 Å². The molecule has 1 fully saturated rings. The Morgan fingerprint density at radius 1 is 1.15 bits per heavy atom. The molecule has 0 atom stereocenters. The molecule has 0 radical (unpaired) electrons. The van der Waals surface area contributed by atoms with Crippen molar-refractivity contribution in [3.63, 3.8) is 0 Å². The van der Waals surface area contributed by atoms with E-state index < -0.39 is 0 Å². The molecule has 27 heavy (non-hydrogen) atoms. The van der Waals surface area contributed by atoms with Crippen molar-refractivity contribution in [1.29, 1.82) is 0 Å². The first-order chi connectivity index (χ1) is 13.0. The molecule has 1 aromatic carbocycles. The molecule has 2 heterocycles. The highest BCUT2D eigenvalue weighted by Gasteiger charge is 2.22. The smallest absolute Gasteiger partial charge is 0.274 e. The van der Waals surface area contributed by atoms with E-state index in [1.165, 1.54) is 6.20 Å². The summed E-state index contributed by atoms with van der Waals surface area (Å²) in [5.74, 6) is -0.438. The zero-order chi connectivity index (χ0) is 19.4. The third-order valence-electron chi connectivity index (χ3n) is 4.79. The van der Waals surface area contributed by atoms with Gasteiger partial charge in [0.15, 0.2) is 0 Å². The van der Waals surface area contributed by atoms with Gasteiger partial charge in [-0.1, -0.05) is 24.6 Å². The van der Waals surface area contributed by atoms with E-state index in [9.17, 15) is 9.59 Å². The van der Waals surface area contributed by atoms with Crippen molar-refractivity contribution in [1.82, 2.24) is 14.8 Å². The molecule has 0 saturated carbocycles. The van der Waals surface area contributed by atoms with Gasteiger partial charge in [0.2, 0.25) is 0 Å². The summed E-state index contributed by atoms with van der Waals surface area (Å²) < 4.78 is 0. The minimum Gasteiger partial charge on any atom is -0.336 e. The summed E-state index contributed by atoms with van der Waals surface area (Å²) in [5.41, 5.74) is 2.20. The van der Waals surface area contributed by atoms with Crippen molar-refractivity contribution < 1.29 is 9.59 Å². The van der Waals surface area contributed by atoms with Crippen molar-refractivity contribution in [2.24, 2.45) is 0 Å². The Labute approximate surface area is 164 Å². The van der Waals surface area contributed by atoms with E-state index in [2.05, 4.69) is 22.1 Å². The second-order valence-corrected chi connectivity index (χ2v) is 7.01. The summed E-state index contributed by atoms with van der Waals surface area (Å²) in [6.45, 7) is 8.12. The van der Waals surface area contributed by atoms with Crippen LogP contribution < -0.4 is 5.32 Å². The highest BCUT2D eigenvalue weighted by molar-refractivity contribution is 6.31. The number of anilines is 1. The van der Waals surface area contributed by atoms with E-state index in [0.717, 1.165) is 25.2 Å². The lowest BCUT2D eigenvalue weighted by Gasteiger charge is -2.34. The minimum absolute atomic E-state index is 0.0684. The summed E-state index contributed by atoms with van der Waals surface area (Å²) in [4.78, 5) is 33.6. The number of carbonyl (C=O) groups is 2. The Kier molecular flexibility index (Phi) is 6.08. The minimum atomic E-state index is -0.370. The molecule has 2 amide bonds. The number of benzene rings is 1. The van der Waals surface area contributed by atoms with Crippen LogP contribution in [0, 0.1) is 6.92 Å². The number of aryl methyl sites for hydroxylation is 1. The van der Waals surface area contributed by atoms with Gasteiger partial charge in [0.25, 0.3) is 11.8 Å². The number of carbonyl (C=O) groups excluding carboxylic acids is 2. The Balaban J connectivity index is 1.72. The zero-order valence-corrected chi connectivity index (χ0v) is 16.3. The summed E-state index contributed by atoms with van der Waals surface area (Å²) in [6, 6.07) is 8.49. The number of hydrogen-bond donors (Lipinski definition) is 1. The Hall–Kier alpha value is -2.44. The normalized spacial score (nSPS) is 14.9. The number of amides is 2. The van der Waals surface area contributed by atoms with Crippen molar-refractivity contribution in [2.45, 2.75) is 13.8 Å². The fourth-order valence-electron chi connectivity index (χ4n) is 3.05. The maximum Gasteiger partial charge on any atom is 0.274 e. The van der Waals surface area contributed by atoms with Crippen molar-refractivity contribution in [3.05, 3.63) is 58.4 Å². The van der Waals surface area contributed by atoms with Gasteiger partial charge in [0, 0.05) is 48.6 Å². The average molecular weight is 387 g/mol. The first-order valence-electron chi connectivity index (χ1n) is 9.03. The molecule has 0 aliphatic carbocycles. The van der Waals surface area contributed by atoms with Crippen molar-refractivity contribution in [2.75, 3.05) is 38.0 Å². The second-order valence-electron chi connectivity index (χ2n) is 6.57. The highest BCUT2D eigenvalue weighted by Crippen LogP contribution is 2.21. The molecule has 1 N–H and O–H groups in total. The van der Waals surface area contributed by atoms with Crippen LogP contribution in [0.3, 0.4) is 0 Å². The van der Waals surface area contributed by atoms with E-state index in [1.807, 2.05) is 17.9 Å². The fourth-order valence-corrected chi connectivity index (χ4v) is 3.22. The largest absolute Gasteiger partial charge is 0.336 e. The molecular weight excluding hydrogens is 364 g/mol. The number of nitrogens with one attached hydrogen (secondary N) is 1. The SMILES string of the molecule is CCN1CCN(C(=O)c2ccnc(C(=O)Nc3cc(Cl)ccc3C)c2)CC1. The second kappa shape index (κ2) is 8.50. The van der Waals surface area contributed by atoms with Gasteiger partial charge in [0.05, 0.1) is 0 Å². The number of pyridine rings is 1. The molecule has 1 saturated heterocycles. The molecule has 1 aliphatic rings. The van der Waals surface area contributed by atoms with Crippen LogP contribution in [-0.4, -0.2) is 59.3 Å². The van der Waals surface area contributed by atoms with Crippen LogP contribution >= 0.6 is 11.6 Å².